The third kappa shape index (κ3) is 3.95. The van der Waals surface area contributed by atoms with Gasteiger partial charge in [-0.25, -0.2) is 4.98 Å². The molecule has 28 heavy (non-hydrogen) atoms. The number of hydrogen-bond donors (Lipinski definition) is 1. The molecule has 1 unspecified atom stereocenters. The van der Waals surface area contributed by atoms with Crippen LogP contribution in [0.4, 0.5) is 0 Å². The standard InChI is InChI=1S/C19H22N6O2S/c1-13-22-17(27-23-13)12-28-15-5-3-14(4-6-15)19(26)25-10-7-20-11-16(25)18-21-8-9-24(18)2/h3-6,8-9,16,20H,7,10-12H2,1-2H3. The van der Waals surface area contributed by atoms with E-state index in [0.29, 0.717) is 36.1 Å². The van der Waals surface area contributed by atoms with E-state index in [9.17, 15) is 4.79 Å². The van der Waals surface area contributed by atoms with Crippen molar-refractivity contribution in [1.82, 2.24) is 29.9 Å². The highest BCUT2D eigenvalue weighted by Crippen LogP contribution is 2.25. The van der Waals surface area contributed by atoms with E-state index in [-0.39, 0.29) is 11.9 Å². The number of benzene rings is 1. The molecule has 1 aliphatic heterocycles. The average Bonchev–Trinajstić information content (AvgIpc) is 3.34. The second-order valence-electron chi connectivity index (χ2n) is 6.66. The van der Waals surface area contributed by atoms with Gasteiger partial charge in [-0.05, 0) is 31.2 Å². The molecule has 0 aliphatic carbocycles. The lowest BCUT2D eigenvalue weighted by Crippen LogP contribution is -2.49. The Morgan fingerprint density at radius 2 is 2.18 bits per heavy atom. The molecule has 3 heterocycles. The maximum atomic E-state index is 13.1. The van der Waals surface area contributed by atoms with Gasteiger partial charge in [-0.2, -0.15) is 4.98 Å². The van der Waals surface area contributed by atoms with Crippen LogP contribution in [0.3, 0.4) is 0 Å². The van der Waals surface area contributed by atoms with Crippen LogP contribution in [0, 0.1) is 6.92 Å². The molecule has 1 fully saturated rings. The van der Waals surface area contributed by atoms with Crippen LogP contribution >= 0.6 is 11.8 Å². The summed E-state index contributed by atoms with van der Waals surface area (Å²) in [6.07, 6.45) is 3.67. The molecule has 4 rings (SSSR count). The number of hydrogen-bond acceptors (Lipinski definition) is 7. The van der Waals surface area contributed by atoms with Gasteiger partial charge in [-0.15, -0.1) is 11.8 Å². The molecule has 1 N–H and O–H groups in total. The second kappa shape index (κ2) is 8.15. The SMILES string of the molecule is Cc1noc(CSc2ccc(C(=O)N3CCNCC3c3nccn3C)cc2)n1. The summed E-state index contributed by atoms with van der Waals surface area (Å²) in [6, 6.07) is 7.59. The lowest BCUT2D eigenvalue weighted by atomic mass is 10.1. The van der Waals surface area contributed by atoms with E-state index in [0.717, 1.165) is 17.3 Å². The summed E-state index contributed by atoms with van der Waals surface area (Å²) in [5, 5.41) is 7.15. The summed E-state index contributed by atoms with van der Waals surface area (Å²) in [5.41, 5.74) is 0.680. The molecule has 1 aromatic carbocycles. The van der Waals surface area contributed by atoms with Crippen molar-refractivity contribution in [3.63, 3.8) is 0 Å². The molecule has 9 heteroatoms. The first kappa shape index (κ1) is 18.7. The van der Waals surface area contributed by atoms with Gasteiger partial charge in [-0.1, -0.05) is 5.16 Å². The van der Waals surface area contributed by atoms with Crippen molar-refractivity contribution < 1.29 is 9.32 Å². The molecule has 0 saturated carbocycles. The second-order valence-corrected chi connectivity index (χ2v) is 7.71. The number of thioether (sulfide) groups is 1. The van der Waals surface area contributed by atoms with Crippen LogP contribution in [0.2, 0.25) is 0 Å². The first-order valence-electron chi connectivity index (χ1n) is 9.13. The third-order valence-electron chi connectivity index (χ3n) is 4.69. The Morgan fingerprint density at radius 1 is 1.36 bits per heavy atom. The fourth-order valence-electron chi connectivity index (χ4n) is 3.28. The molecule has 146 valence electrons. The number of nitrogens with one attached hydrogen (secondary N) is 1. The van der Waals surface area contributed by atoms with Crippen LogP contribution in [-0.4, -0.2) is 50.1 Å². The number of amides is 1. The Bertz CT molecular complexity index is 952. The van der Waals surface area contributed by atoms with Crippen LogP contribution < -0.4 is 5.32 Å². The Balaban J connectivity index is 1.45. The fraction of sp³-hybridized carbons (Fsp3) is 0.368. The van der Waals surface area contributed by atoms with E-state index >= 15 is 0 Å². The van der Waals surface area contributed by atoms with Crippen molar-refractivity contribution >= 4 is 17.7 Å². The normalized spacial score (nSPS) is 17.1. The molecular formula is C19H22N6O2S. The van der Waals surface area contributed by atoms with Crippen molar-refractivity contribution in [2.45, 2.75) is 23.6 Å². The summed E-state index contributed by atoms with van der Waals surface area (Å²) >= 11 is 1.60. The molecule has 1 amide bonds. The maximum absolute atomic E-state index is 13.1. The first-order chi connectivity index (χ1) is 13.6. The van der Waals surface area contributed by atoms with E-state index in [1.165, 1.54) is 0 Å². The molecule has 0 bridgehead atoms. The van der Waals surface area contributed by atoms with E-state index in [1.807, 2.05) is 47.0 Å². The van der Waals surface area contributed by atoms with Gasteiger partial charge in [0.2, 0.25) is 5.89 Å². The summed E-state index contributed by atoms with van der Waals surface area (Å²) in [6.45, 7) is 3.94. The van der Waals surface area contributed by atoms with Gasteiger partial charge in [-0.3, -0.25) is 4.79 Å². The number of rotatable bonds is 5. The largest absolute Gasteiger partial charge is 0.338 e. The molecule has 8 nitrogen and oxygen atoms in total. The van der Waals surface area contributed by atoms with Crippen LogP contribution in [0.1, 0.15) is 33.9 Å². The van der Waals surface area contributed by atoms with Gasteiger partial charge in [0.15, 0.2) is 5.82 Å². The zero-order valence-electron chi connectivity index (χ0n) is 15.8. The molecule has 0 spiro atoms. The predicted molar refractivity (Wildman–Crippen MR) is 105 cm³/mol. The Kier molecular flexibility index (Phi) is 5.45. The summed E-state index contributed by atoms with van der Waals surface area (Å²) in [4.78, 5) is 24.7. The highest BCUT2D eigenvalue weighted by Gasteiger charge is 2.30. The lowest BCUT2D eigenvalue weighted by Gasteiger charge is -2.35. The van der Waals surface area contributed by atoms with Gasteiger partial charge >= 0.3 is 0 Å². The van der Waals surface area contributed by atoms with Gasteiger partial charge in [0.05, 0.1) is 5.75 Å². The van der Waals surface area contributed by atoms with Crippen molar-refractivity contribution in [3.8, 4) is 0 Å². The lowest BCUT2D eigenvalue weighted by molar-refractivity contribution is 0.0621. The third-order valence-corrected chi connectivity index (χ3v) is 5.69. The minimum Gasteiger partial charge on any atom is -0.338 e. The highest BCUT2D eigenvalue weighted by atomic mass is 32.2. The van der Waals surface area contributed by atoms with Crippen molar-refractivity contribution in [2.75, 3.05) is 19.6 Å². The smallest absolute Gasteiger partial charge is 0.254 e. The molecule has 0 radical (unpaired) electrons. The number of piperazine rings is 1. The van der Waals surface area contributed by atoms with Crippen molar-refractivity contribution in [1.29, 1.82) is 0 Å². The first-order valence-corrected chi connectivity index (χ1v) is 10.1. The maximum Gasteiger partial charge on any atom is 0.254 e. The molecule has 1 saturated heterocycles. The van der Waals surface area contributed by atoms with Gasteiger partial charge < -0.3 is 19.3 Å². The average molecular weight is 398 g/mol. The summed E-state index contributed by atoms with van der Waals surface area (Å²) in [5.74, 6) is 2.75. The van der Waals surface area contributed by atoms with Gasteiger partial charge in [0.25, 0.3) is 5.91 Å². The molecule has 2 aromatic heterocycles. The molecule has 1 atom stereocenters. The minimum atomic E-state index is -0.0731. The molecular weight excluding hydrogens is 376 g/mol. The number of nitrogens with zero attached hydrogens (tertiary/aromatic N) is 5. The fourth-order valence-corrected chi connectivity index (χ4v) is 4.02. The van der Waals surface area contributed by atoms with Crippen LogP contribution in [0.25, 0.3) is 0 Å². The Morgan fingerprint density at radius 3 is 2.86 bits per heavy atom. The quantitative estimate of drug-likeness (QED) is 0.659. The van der Waals surface area contributed by atoms with Crippen LogP contribution in [-0.2, 0) is 12.8 Å². The number of aromatic nitrogens is 4. The summed E-state index contributed by atoms with van der Waals surface area (Å²) in [7, 11) is 1.95. The number of carbonyl (C=O) groups is 1. The van der Waals surface area contributed by atoms with Gasteiger partial charge in [0.1, 0.15) is 11.9 Å². The zero-order valence-corrected chi connectivity index (χ0v) is 16.6. The van der Waals surface area contributed by atoms with Crippen LogP contribution in [0.5, 0.6) is 0 Å². The highest BCUT2D eigenvalue weighted by molar-refractivity contribution is 7.98. The minimum absolute atomic E-state index is 0.0265. The Labute approximate surface area is 167 Å². The zero-order chi connectivity index (χ0) is 19.5. The van der Waals surface area contributed by atoms with Crippen molar-refractivity contribution in [3.05, 3.63) is 59.8 Å². The Hall–Kier alpha value is -2.65. The number of imidazole rings is 1. The monoisotopic (exact) mass is 398 g/mol. The molecule has 3 aromatic rings. The van der Waals surface area contributed by atoms with E-state index < -0.39 is 0 Å². The topological polar surface area (TPSA) is 89.1 Å². The van der Waals surface area contributed by atoms with E-state index in [1.54, 1.807) is 24.9 Å². The van der Waals surface area contributed by atoms with Crippen molar-refractivity contribution in [2.24, 2.45) is 7.05 Å². The number of aryl methyl sites for hydroxylation is 2. The van der Waals surface area contributed by atoms with E-state index in [2.05, 4.69) is 20.4 Å². The van der Waals surface area contributed by atoms with Crippen LogP contribution in [0.15, 0.2) is 46.1 Å². The van der Waals surface area contributed by atoms with Gasteiger partial charge in [0, 0.05) is 49.5 Å². The summed E-state index contributed by atoms with van der Waals surface area (Å²) < 4.78 is 7.10. The van der Waals surface area contributed by atoms with E-state index in [4.69, 9.17) is 4.52 Å². The predicted octanol–water partition coefficient (Wildman–Crippen LogP) is 2.19. The number of carbonyl (C=O) groups excluding carboxylic acids is 1. The molecule has 1 aliphatic rings.